The fourth-order valence-electron chi connectivity index (χ4n) is 2.93. The van der Waals surface area contributed by atoms with Crippen molar-refractivity contribution >= 4 is 17.8 Å². The Hall–Kier alpha value is -3.71. The van der Waals surface area contributed by atoms with Crippen molar-refractivity contribution < 1.29 is 23.8 Å². The third kappa shape index (κ3) is 5.46. The molecule has 160 valence electrons. The van der Waals surface area contributed by atoms with Crippen LogP contribution in [-0.2, 0) is 19.1 Å². The fraction of sp³-hybridized carbons (Fsp3) is 0.208. The van der Waals surface area contributed by atoms with E-state index in [4.69, 9.17) is 19.3 Å². The van der Waals surface area contributed by atoms with E-state index < -0.39 is 11.8 Å². The zero-order valence-electron chi connectivity index (χ0n) is 17.7. The number of carbonyl (C=O) groups is 2. The first kappa shape index (κ1) is 22.0. The molecule has 3 rings (SSSR count). The normalized spacial score (nSPS) is 11.3. The van der Waals surface area contributed by atoms with E-state index >= 15 is 0 Å². The van der Waals surface area contributed by atoms with Crippen molar-refractivity contribution in [1.29, 1.82) is 0 Å². The lowest BCUT2D eigenvalue weighted by atomic mass is 10.0. The summed E-state index contributed by atoms with van der Waals surface area (Å²) in [5, 5.41) is 4.70. The summed E-state index contributed by atoms with van der Waals surface area (Å²) in [5.41, 5.74) is 2.85. The molecular formula is C24H24N2O5. The highest BCUT2D eigenvalue weighted by molar-refractivity contribution is 6.20. The molecule has 0 aliphatic heterocycles. The van der Waals surface area contributed by atoms with Crippen LogP contribution >= 0.6 is 0 Å². The maximum absolute atomic E-state index is 12.5. The Bertz CT molecular complexity index is 1070. The van der Waals surface area contributed by atoms with Crippen LogP contribution in [0.4, 0.5) is 0 Å². The SMILES string of the molecule is COCCOC(=O)/C(=C/c1cn(-c2ccccc2)nc1-c1ccc(OC)cc1)C(C)=O. The number of ether oxygens (including phenoxy) is 3. The van der Waals surface area contributed by atoms with Crippen LogP contribution < -0.4 is 4.74 Å². The zero-order valence-corrected chi connectivity index (χ0v) is 17.7. The molecule has 7 heteroatoms. The van der Waals surface area contributed by atoms with Gasteiger partial charge in [0, 0.05) is 24.4 Å². The number of methoxy groups -OCH3 is 2. The smallest absolute Gasteiger partial charge is 0.341 e. The van der Waals surface area contributed by atoms with Gasteiger partial charge in [0.2, 0.25) is 0 Å². The molecule has 0 saturated heterocycles. The fourth-order valence-corrected chi connectivity index (χ4v) is 2.93. The molecule has 1 aromatic heterocycles. The molecule has 0 radical (unpaired) electrons. The molecule has 31 heavy (non-hydrogen) atoms. The largest absolute Gasteiger partial charge is 0.497 e. The molecule has 0 fully saturated rings. The van der Waals surface area contributed by atoms with Crippen LogP contribution in [0.3, 0.4) is 0 Å². The van der Waals surface area contributed by atoms with E-state index in [9.17, 15) is 9.59 Å². The van der Waals surface area contributed by atoms with Gasteiger partial charge in [-0.2, -0.15) is 5.10 Å². The van der Waals surface area contributed by atoms with Crippen molar-refractivity contribution in [1.82, 2.24) is 9.78 Å². The minimum Gasteiger partial charge on any atom is -0.497 e. The summed E-state index contributed by atoms with van der Waals surface area (Å²) < 4.78 is 17.0. The average Bonchev–Trinajstić information content (AvgIpc) is 3.22. The molecule has 0 N–H and O–H groups in total. The Morgan fingerprint density at radius 1 is 1.00 bits per heavy atom. The number of nitrogens with zero attached hydrogens (tertiary/aromatic N) is 2. The molecule has 0 saturated carbocycles. The van der Waals surface area contributed by atoms with Crippen LogP contribution in [0.25, 0.3) is 23.0 Å². The first-order valence-electron chi connectivity index (χ1n) is 9.71. The van der Waals surface area contributed by atoms with Crippen molar-refractivity contribution in [3.05, 3.63) is 71.9 Å². The van der Waals surface area contributed by atoms with E-state index in [0.717, 1.165) is 17.0 Å². The molecule has 1 heterocycles. The maximum atomic E-state index is 12.5. The lowest BCUT2D eigenvalue weighted by Gasteiger charge is -2.06. The van der Waals surface area contributed by atoms with Gasteiger partial charge in [0.1, 0.15) is 17.9 Å². The van der Waals surface area contributed by atoms with Crippen molar-refractivity contribution in [3.63, 3.8) is 0 Å². The van der Waals surface area contributed by atoms with Crippen molar-refractivity contribution in [2.24, 2.45) is 0 Å². The lowest BCUT2D eigenvalue weighted by molar-refractivity contribution is -0.141. The van der Waals surface area contributed by atoms with E-state index in [2.05, 4.69) is 0 Å². The predicted molar refractivity (Wildman–Crippen MR) is 117 cm³/mol. The number of ketones is 1. The zero-order chi connectivity index (χ0) is 22.2. The van der Waals surface area contributed by atoms with Gasteiger partial charge in [-0.3, -0.25) is 4.79 Å². The number of carbonyl (C=O) groups excluding carboxylic acids is 2. The highest BCUT2D eigenvalue weighted by atomic mass is 16.6. The van der Waals surface area contributed by atoms with Crippen molar-refractivity contribution in [2.45, 2.75) is 6.92 Å². The molecule has 0 unspecified atom stereocenters. The molecule has 0 aliphatic carbocycles. The first-order valence-corrected chi connectivity index (χ1v) is 9.71. The summed E-state index contributed by atoms with van der Waals surface area (Å²) in [6, 6.07) is 17.0. The Labute approximate surface area is 180 Å². The lowest BCUT2D eigenvalue weighted by Crippen LogP contribution is -2.16. The van der Waals surface area contributed by atoms with Crippen molar-refractivity contribution in [2.75, 3.05) is 27.4 Å². The first-order chi connectivity index (χ1) is 15.0. The molecule has 2 aromatic carbocycles. The Morgan fingerprint density at radius 3 is 2.32 bits per heavy atom. The quantitative estimate of drug-likeness (QED) is 0.173. The number of hydrogen-bond acceptors (Lipinski definition) is 6. The molecular weight excluding hydrogens is 396 g/mol. The minimum atomic E-state index is -0.697. The highest BCUT2D eigenvalue weighted by Crippen LogP contribution is 2.27. The summed E-state index contributed by atoms with van der Waals surface area (Å²) >= 11 is 0. The Balaban J connectivity index is 2.07. The summed E-state index contributed by atoms with van der Waals surface area (Å²) in [6.07, 6.45) is 3.30. The van der Waals surface area contributed by atoms with Gasteiger partial charge >= 0.3 is 5.97 Å². The number of aromatic nitrogens is 2. The summed E-state index contributed by atoms with van der Waals surface area (Å²) in [5.74, 6) is -0.372. The standard InChI is InChI=1S/C24H24N2O5/c1-17(27)22(24(28)31-14-13-29-2)15-19-16-26(20-7-5-4-6-8-20)25-23(19)18-9-11-21(30-3)12-10-18/h4-12,15-16H,13-14H2,1-3H3/b22-15+. The third-order valence-corrected chi connectivity index (χ3v) is 4.55. The summed E-state index contributed by atoms with van der Waals surface area (Å²) in [7, 11) is 3.11. The number of hydrogen-bond donors (Lipinski definition) is 0. The van der Waals surface area contributed by atoms with Crippen LogP contribution in [0.5, 0.6) is 5.75 Å². The molecule has 0 atom stereocenters. The molecule has 0 spiro atoms. The number of Topliss-reactive ketones (excluding diaryl/α,β-unsaturated/α-hetero) is 1. The predicted octanol–water partition coefficient (Wildman–Crippen LogP) is 3.71. The second-order valence-corrected chi connectivity index (χ2v) is 6.68. The Morgan fingerprint density at radius 2 is 1.71 bits per heavy atom. The maximum Gasteiger partial charge on any atom is 0.341 e. The summed E-state index contributed by atoms with van der Waals surface area (Å²) in [4.78, 5) is 24.6. The second kappa shape index (κ2) is 10.4. The van der Waals surface area contributed by atoms with Crippen molar-refractivity contribution in [3.8, 4) is 22.7 Å². The van der Waals surface area contributed by atoms with Crippen LogP contribution in [-0.4, -0.2) is 49.0 Å². The second-order valence-electron chi connectivity index (χ2n) is 6.68. The number of rotatable bonds is 9. The molecule has 0 bridgehead atoms. The van der Waals surface area contributed by atoms with Crippen LogP contribution in [0, 0.1) is 0 Å². The van der Waals surface area contributed by atoms with E-state index in [1.165, 1.54) is 20.1 Å². The van der Waals surface area contributed by atoms with E-state index in [1.807, 2.05) is 54.6 Å². The molecule has 3 aromatic rings. The van der Waals surface area contributed by atoms with Gasteiger partial charge in [-0.15, -0.1) is 0 Å². The van der Waals surface area contributed by atoms with Crippen LogP contribution in [0.15, 0.2) is 66.4 Å². The van der Waals surface area contributed by atoms with Gasteiger partial charge in [0.15, 0.2) is 5.78 Å². The topological polar surface area (TPSA) is 79.7 Å². The summed E-state index contributed by atoms with van der Waals surface area (Å²) in [6.45, 7) is 1.65. The van der Waals surface area contributed by atoms with Gasteiger partial charge < -0.3 is 14.2 Å². The number of benzene rings is 2. The molecule has 0 amide bonds. The average molecular weight is 420 g/mol. The van der Waals surface area contributed by atoms with Crippen LogP contribution in [0.1, 0.15) is 12.5 Å². The van der Waals surface area contributed by atoms with Gasteiger partial charge in [-0.05, 0) is 49.4 Å². The van der Waals surface area contributed by atoms with Gasteiger partial charge in [0.25, 0.3) is 0 Å². The third-order valence-electron chi connectivity index (χ3n) is 4.55. The van der Waals surface area contributed by atoms with Gasteiger partial charge in [0.05, 0.1) is 25.1 Å². The van der Waals surface area contributed by atoms with Gasteiger partial charge in [-0.25, -0.2) is 9.48 Å². The number of esters is 1. The minimum absolute atomic E-state index is 0.0570. The highest BCUT2D eigenvalue weighted by Gasteiger charge is 2.19. The number of para-hydroxylation sites is 1. The van der Waals surface area contributed by atoms with E-state index in [0.29, 0.717) is 11.3 Å². The monoisotopic (exact) mass is 420 g/mol. The molecule has 0 aliphatic rings. The molecule has 7 nitrogen and oxygen atoms in total. The van der Waals surface area contributed by atoms with Crippen LogP contribution in [0.2, 0.25) is 0 Å². The van der Waals surface area contributed by atoms with Gasteiger partial charge in [-0.1, -0.05) is 18.2 Å². The van der Waals surface area contributed by atoms with E-state index in [-0.39, 0.29) is 18.8 Å². The van der Waals surface area contributed by atoms with E-state index in [1.54, 1.807) is 18.0 Å². The Kier molecular flexibility index (Phi) is 7.35.